The number of carbonyl (C=O) groups is 1. The molecule has 0 amide bonds. The molecule has 0 atom stereocenters. The molecule has 0 fully saturated rings. The first-order chi connectivity index (χ1) is 8.36. The Bertz CT molecular complexity index is 545. The SMILES string of the molecule is COC(=O)CCNS(=O)(=O)c1ccc(Br)c(N)c1. The molecular weight excluding hydrogens is 324 g/mol. The van der Waals surface area contributed by atoms with E-state index in [0.717, 1.165) is 0 Å². The Hall–Kier alpha value is -1.12. The van der Waals surface area contributed by atoms with Crippen LogP contribution in [0.1, 0.15) is 6.42 Å². The molecule has 0 unspecified atom stereocenters. The summed E-state index contributed by atoms with van der Waals surface area (Å²) >= 11 is 3.18. The number of halogens is 1. The number of nitrogens with one attached hydrogen (secondary N) is 1. The van der Waals surface area contributed by atoms with Crippen LogP contribution in [-0.2, 0) is 19.6 Å². The average molecular weight is 337 g/mol. The van der Waals surface area contributed by atoms with E-state index in [2.05, 4.69) is 25.4 Å². The van der Waals surface area contributed by atoms with E-state index >= 15 is 0 Å². The minimum Gasteiger partial charge on any atom is -0.469 e. The van der Waals surface area contributed by atoms with Gasteiger partial charge in [-0.1, -0.05) is 0 Å². The van der Waals surface area contributed by atoms with Crippen LogP contribution in [0.25, 0.3) is 0 Å². The summed E-state index contributed by atoms with van der Waals surface area (Å²) in [5.41, 5.74) is 5.93. The highest BCUT2D eigenvalue weighted by molar-refractivity contribution is 9.10. The fraction of sp³-hybridized carbons (Fsp3) is 0.300. The van der Waals surface area contributed by atoms with Crippen molar-refractivity contribution in [3.8, 4) is 0 Å². The van der Waals surface area contributed by atoms with Crippen molar-refractivity contribution in [2.75, 3.05) is 19.4 Å². The molecule has 8 heteroatoms. The number of hydrogen-bond donors (Lipinski definition) is 2. The molecule has 18 heavy (non-hydrogen) atoms. The van der Waals surface area contributed by atoms with Crippen LogP contribution in [0.5, 0.6) is 0 Å². The molecule has 100 valence electrons. The van der Waals surface area contributed by atoms with E-state index in [1.807, 2.05) is 0 Å². The largest absolute Gasteiger partial charge is 0.469 e. The number of hydrogen-bond acceptors (Lipinski definition) is 5. The van der Waals surface area contributed by atoms with Crippen LogP contribution < -0.4 is 10.5 Å². The van der Waals surface area contributed by atoms with Crippen LogP contribution in [0.4, 0.5) is 5.69 Å². The first-order valence-corrected chi connectivity index (χ1v) is 7.26. The van der Waals surface area contributed by atoms with E-state index in [1.165, 1.54) is 19.2 Å². The van der Waals surface area contributed by atoms with Crippen LogP contribution in [0, 0.1) is 0 Å². The zero-order chi connectivity index (χ0) is 13.8. The minimum absolute atomic E-state index is 0.0228. The smallest absolute Gasteiger partial charge is 0.306 e. The summed E-state index contributed by atoms with van der Waals surface area (Å²) in [7, 11) is -2.42. The van der Waals surface area contributed by atoms with Crippen molar-refractivity contribution >= 4 is 37.6 Å². The molecule has 0 aliphatic carbocycles. The lowest BCUT2D eigenvalue weighted by Crippen LogP contribution is -2.26. The summed E-state index contributed by atoms with van der Waals surface area (Å²) in [6, 6.07) is 4.30. The predicted octanol–water partition coefficient (Wildman–Crippen LogP) is 0.873. The Morgan fingerprint density at radius 3 is 2.72 bits per heavy atom. The number of rotatable bonds is 5. The lowest BCUT2D eigenvalue weighted by molar-refractivity contribution is -0.140. The lowest BCUT2D eigenvalue weighted by atomic mass is 10.3. The summed E-state index contributed by atoms with van der Waals surface area (Å²) in [5.74, 6) is -0.479. The number of nitrogens with two attached hydrogens (primary N) is 1. The number of methoxy groups -OCH3 is 1. The maximum atomic E-state index is 11.8. The van der Waals surface area contributed by atoms with E-state index in [-0.39, 0.29) is 17.9 Å². The van der Waals surface area contributed by atoms with Gasteiger partial charge in [0.2, 0.25) is 10.0 Å². The number of carbonyl (C=O) groups excluding carboxylic acids is 1. The first-order valence-electron chi connectivity index (χ1n) is 4.98. The monoisotopic (exact) mass is 336 g/mol. The first kappa shape index (κ1) is 14.9. The van der Waals surface area contributed by atoms with Crippen molar-refractivity contribution in [1.82, 2.24) is 4.72 Å². The quantitative estimate of drug-likeness (QED) is 0.614. The molecule has 0 bridgehead atoms. The van der Waals surface area contributed by atoms with Gasteiger partial charge in [-0.05, 0) is 34.1 Å². The molecule has 0 saturated carbocycles. The van der Waals surface area contributed by atoms with Gasteiger partial charge in [0.25, 0.3) is 0 Å². The molecule has 0 aliphatic rings. The van der Waals surface area contributed by atoms with E-state index < -0.39 is 16.0 Å². The van der Waals surface area contributed by atoms with Gasteiger partial charge in [-0.2, -0.15) is 0 Å². The van der Waals surface area contributed by atoms with Crippen molar-refractivity contribution < 1.29 is 17.9 Å². The van der Waals surface area contributed by atoms with Crippen LogP contribution in [0.3, 0.4) is 0 Å². The van der Waals surface area contributed by atoms with Gasteiger partial charge in [-0.3, -0.25) is 4.79 Å². The maximum absolute atomic E-state index is 11.8. The summed E-state index contributed by atoms with van der Waals surface area (Å²) in [5, 5.41) is 0. The zero-order valence-corrected chi connectivity index (χ0v) is 12.0. The van der Waals surface area contributed by atoms with E-state index in [4.69, 9.17) is 5.73 Å². The lowest BCUT2D eigenvalue weighted by Gasteiger charge is -2.07. The fourth-order valence-electron chi connectivity index (χ4n) is 1.16. The van der Waals surface area contributed by atoms with Crippen molar-refractivity contribution in [1.29, 1.82) is 0 Å². The van der Waals surface area contributed by atoms with Gasteiger partial charge < -0.3 is 10.5 Å². The van der Waals surface area contributed by atoms with Crippen molar-refractivity contribution in [3.63, 3.8) is 0 Å². The maximum Gasteiger partial charge on any atom is 0.306 e. The molecule has 6 nitrogen and oxygen atoms in total. The molecule has 0 saturated heterocycles. The summed E-state index contributed by atoms with van der Waals surface area (Å²) < 4.78 is 31.0. The van der Waals surface area contributed by atoms with Crippen molar-refractivity contribution in [3.05, 3.63) is 22.7 Å². The van der Waals surface area contributed by atoms with Gasteiger partial charge in [-0.25, -0.2) is 13.1 Å². The Kier molecular flexibility index (Phi) is 5.12. The highest BCUT2D eigenvalue weighted by Crippen LogP contribution is 2.22. The zero-order valence-electron chi connectivity index (χ0n) is 9.64. The molecule has 0 aromatic heterocycles. The number of nitrogen functional groups attached to an aromatic ring is 1. The third kappa shape index (κ3) is 3.97. The molecule has 1 aromatic carbocycles. The van der Waals surface area contributed by atoms with Crippen LogP contribution in [-0.4, -0.2) is 28.0 Å². The number of ether oxygens (including phenoxy) is 1. The molecule has 1 rings (SSSR count). The second-order valence-corrected chi connectivity index (χ2v) is 6.03. The van der Waals surface area contributed by atoms with Crippen molar-refractivity contribution in [2.24, 2.45) is 0 Å². The van der Waals surface area contributed by atoms with Gasteiger partial charge in [0, 0.05) is 16.7 Å². The molecule has 1 aromatic rings. The minimum atomic E-state index is -3.66. The molecule has 0 spiro atoms. The summed E-state index contributed by atoms with van der Waals surface area (Å²) in [6.07, 6.45) is -0.0261. The topological polar surface area (TPSA) is 98.5 Å². The van der Waals surface area contributed by atoms with Gasteiger partial charge >= 0.3 is 5.97 Å². The third-order valence-corrected chi connectivity index (χ3v) is 4.31. The molecule has 0 heterocycles. The molecule has 3 N–H and O–H groups in total. The second kappa shape index (κ2) is 6.17. The second-order valence-electron chi connectivity index (χ2n) is 3.41. The molecular formula is C10H13BrN2O4S. The molecule has 0 radical (unpaired) electrons. The van der Waals surface area contributed by atoms with Gasteiger partial charge in [-0.15, -0.1) is 0 Å². The number of esters is 1. The average Bonchev–Trinajstić information content (AvgIpc) is 2.32. The van der Waals surface area contributed by atoms with Crippen LogP contribution in [0.2, 0.25) is 0 Å². The highest BCUT2D eigenvalue weighted by atomic mass is 79.9. The van der Waals surface area contributed by atoms with E-state index in [9.17, 15) is 13.2 Å². The Morgan fingerprint density at radius 1 is 1.50 bits per heavy atom. The van der Waals surface area contributed by atoms with E-state index in [1.54, 1.807) is 6.07 Å². The molecule has 0 aliphatic heterocycles. The standard InChI is InChI=1S/C10H13BrN2O4S/c1-17-10(14)4-5-13-18(15,16)7-2-3-8(11)9(12)6-7/h2-3,6,13H,4-5,12H2,1H3. The number of anilines is 1. The predicted molar refractivity (Wildman–Crippen MR) is 70.4 cm³/mol. The fourth-order valence-corrected chi connectivity index (χ4v) is 2.48. The van der Waals surface area contributed by atoms with Crippen molar-refractivity contribution in [2.45, 2.75) is 11.3 Å². The Morgan fingerprint density at radius 2 is 2.17 bits per heavy atom. The van der Waals surface area contributed by atoms with Crippen LogP contribution in [0.15, 0.2) is 27.6 Å². The van der Waals surface area contributed by atoms with Crippen LogP contribution >= 0.6 is 15.9 Å². The van der Waals surface area contributed by atoms with Gasteiger partial charge in [0.15, 0.2) is 0 Å². The Labute approximate surface area is 114 Å². The van der Waals surface area contributed by atoms with Gasteiger partial charge in [0.05, 0.1) is 18.4 Å². The normalized spacial score (nSPS) is 11.2. The summed E-state index contributed by atoms with van der Waals surface area (Å²) in [4.78, 5) is 10.9. The highest BCUT2D eigenvalue weighted by Gasteiger charge is 2.15. The van der Waals surface area contributed by atoms with E-state index in [0.29, 0.717) is 10.2 Å². The van der Waals surface area contributed by atoms with Gasteiger partial charge in [0.1, 0.15) is 0 Å². The summed E-state index contributed by atoms with van der Waals surface area (Å²) in [6.45, 7) is -0.0228. The number of sulfonamides is 1. The third-order valence-electron chi connectivity index (χ3n) is 2.13. The number of benzene rings is 1. The Balaban J connectivity index is 2.74.